The lowest BCUT2D eigenvalue weighted by Gasteiger charge is -2.12. The Bertz CT molecular complexity index is 439. The van der Waals surface area contributed by atoms with Crippen LogP contribution in [0.4, 0.5) is 0 Å². The van der Waals surface area contributed by atoms with Crippen molar-refractivity contribution in [3.63, 3.8) is 0 Å². The Kier molecular flexibility index (Phi) is 3.31. The Hall–Kier alpha value is -1.68. The van der Waals surface area contributed by atoms with E-state index in [-0.39, 0.29) is 6.04 Å². The SMILES string of the molecule is Cc1cnc(CNC(C)c2ccncc2)o1. The van der Waals surface area contributed by atoms with Crippen LogP contribution in [0.25, 0.3) is 0 Å². The van der Waals surface area contributed by atoms with Gasteiger partial charge in [0.2, 0.25) is 5.89 Å². The molecule has 1 N–H and O–H groups in total. The van der Waals surface area contributed by atoms with Crippen LogP contribution in [-0.4, -0.2) is 9.97 Å². The van der Waals surface area contributed by atoms with Crippen LogP contribution in [0.5, 0.6) is 0 Å². The smallest absolute Gasteiger partial charge is 0.208 e. The van der Waals surface area contributed by atoms with Gasteiger partial charge in [-0.2, -0.15) is 0 Å². The largest absolute Gasteiger partial charge is 0.445 e. The molecule has 0 bridgehead atoms. The quantitative estimate of drug-likeness (QED) is 0.853. The summed E-state index contributed by atoms with van der Waals surface area (Å²) in [5.74, 6) is 1.56. The Morgan fingerprint density at radius 2 is 2.12 bits per heavy atom. The van der Waals surface area contributed by atoms with Crippen LogP contribution in [0.15, 0.2) is 35.1 Å². The average Bonchev–Trinajstić information content (AvgIpc) is 2.73. The summed E-state index contributed by atoms with van der Waals surface area (Å²) >= 11 is 0. The molecule has 4 heteroatoms. The normalized spacial score (nSPS) is 12.6. The molecule has 0 aliphatic carbocycles. The molecule has 1 unspecified atom stereocenters. The first-order chi connectivity index (χ1) is 7.75. The van der Waals surface area contributed by atoms with Crippen molar-refractivity contribution in [2.45, 2.75) is 26.4 Å². The molecule has 0 saturated carbocycles. The van der Waals surface area contributed by atoms with Crippen molar-refractivity contribution in [3.8, 4) is 0 Å². The van der Waals surface area contributed by atoms with Gasteiger partial charge in [0.1, 0.15) is 5.76 Å². The maximum absolute atomic E-state index is 5.38. The van der Waals surface area contributed by atoms with Gasteiger partial charge in [0.25, 0.3) is 0 Å². The molecule has 0 aliphatic rings. The van der Waals surface area contributed by atoms with Crippen LogP contribution in [0.2, 0.25) is 0 Å². The highest BCUT2D eigenvalue weighted by molar-refractivity contribution is 5.13. The second-order valence-corrected chi connectivity index (χ2v) is 3.75. The van der Waals surface area contributed by atoms with Crippen LogP contribution in [0.3, 0.4) is 0 Å². The Morgan fingerprint density at radius 1 is 1.38 bits per heavy atom. The predicted molar refractivity (Wildman–Crippen MR) is 60.7 cm³/mol. The highest BCUT2D eigenvalue weighted by Crippen LogP contribution is 2.11. The molecular weight excluding hydrogens is 202 g/mol. The molecule has 2 aromatic heterocycles. The second-order valence-electron chi connectivity index (χ2n) is 3.75. The van der Waals surface area contributed by atoms with Crippen molar-refractivity contribution in [1.82, 2.24) is 15.3 Å². The molecule has 0 amide bonds. The number of aryl methyl sites for hydroxylation is 1. The van der Waals surface area contributed by atoms with E-state index in [4.69, 9.17) is 4.42 Å². The van der Waals surface area contributed by atoms with Crippen LogP contribution in [0, 0.1) is 6.92 Å². The number of oxazole rings is 1. The van der Waals surface area contributed by atoms with E-state index < -0.39 is 0 Å². The number of aromatic nitrogens is 2. The first-order valence-corrected chi connectivity index (χ1v) is 5.30. The minimum absolute atomic E-state index is 0.259. The zero-order valence-electron chi connectivity index (χ0n) is 9.47. The van der Waals surface area contributed by atoms with Gasteiger partial charge in [0.15, 0.2) is 0 Å². The average molecular weight is 217 g/mol. The van der Waals surface area contributed by atoms with E-state index in [1.54, 1.807) is 18.6 Å². The topological polar surface area (TPSA) is 51.0 Å². The van der Waals surface area contributed by atoms with Gasteiger partial charge in [0.05, 0.1) is 12.7 Å². The number of nitrogens with one attached hydrogen (secondary N) is 1. The summed E-state index contributed by atoms with van der Waals surface area (Å²) in [6, 6.07) is 4.26. The summed E-state index contributed by atoms with van der Waals surface area (Å²) < 4.78 is 5.38. The van der Waals surface area contributed by atoms with Crippen molar-refractivity contribution in [3.05, 3.63) is 47.9 Å². The van der Waals surface area contributed by atoms with Crippen LogP contribution < -0.4 is 5.32 Å². The number of pyridine rings is 1. The van der Waals surface area contributed by atoms with E-state index in [9.17, 15) is 0 Å². The maximum Gasteiger partial charge on any atom is 0.208 e. The van der Waals surface area contributed by atoms with Crippen LogP contribution >= 0.6 is 0 Å². The molecule has 4 nitrogen and oxygen atoms in total. The van der Waals surface area contributed by atoms with Gasteiger partial charge in [-0.25, -0.2) is 4.98 Å². The summed E-state index contributed by atoms with van der Waals surface area (Å²) in [5.41, 5.74) is 1.21. The standard InChI is InChI=1S/C12H15N3O/c1-9-7-15-12(16-9)8-14-10(2)11-3-5-13-6-4-11/h3-7,10,14H,8H2,1-2H3. The van der Waals surface area contributed by atoms with E-state index in [0.29, 0.717) is 6.54 Å². The Balaban J connectivity index is 1.91. The van der Waals surface area contributed by atoms with E-state index >= 15 is 0 Å². The first kappa shape index (κ1) is 10.8. The number of nitrogens with zero attached hydrogens (tertiary/aromatic N) is 2. The lowest BCUT2D eigenvalue weighted by Crippen LogP contribution is -2.18. The van der Waals surface area contributed by atoms with E-state index in [1.807, 2.05) is 19.1 Å². The summed E-state index contributed by atoms with van der Waals surface area (Å²) in [7, 11) is 0. The van der Waals surface area contributed by atoms with Gasteiger partial charge in [-0.05, 0) is 31.5 Å². The van der Waals surface area contributed by atoms with Gasteiger partial charge in [-0.3, -0.25) is 4.98 Å². The molecule has 84 valence electrons. The first-order valence-electron chi connectivity index (χ1n) is 5.30. The predicted octanol–water partition coefficient (Wildman–Crippen LogP) is 2.23. The molecular formula is C12H15N3O. The van der Waals surface area contributed by atoms with Crippen molar-refractivity contribution >= 4 is 0 Å². The highest BCUT2D eigenvalue weighted by Gasteiger charge is 2.06. The fourth-order valence-corrected chi connectivity index (χ4v) is 1.49. The molecule has 2 aromatic rings. The Labute approximate surface area is 94.7 Å². The van der Waals surface area contributed by atoms with Crippen molar-refractivity contribution < 1.29 is 4.42 Å². The van der Waals surface area contributed by atoms with Crippen molar-refractivity contribution in [2.24, 2.45) is 0 Å². The van der Waals surface area contributed by atoms with Gasteiger partial charge in [0, 0.05) is 18.4 Å². The number of hydrogen-bond acceptors (Lipinski definition) is 4. The monoisotopic (exact) mass is 217 g/mol. The van der Waals surface area contributed by atoms with Crippen molar-refractivity contribution in [2.75, 3.05) is 0 Å². The molecule has 0 spiro atoms. The third-order valence-electron chi connectivity index (χ3n) is 2.43. The third kappa shape index (κ3) is 2.67. The molecule has 2 heterocycles. The van der Waals surface area contributed by atoms with Gasteiger partial charge in [-0.15, -0.1) is 0 Å². The zero-order chi connectivity index (χ0) is 11.4. The summed E-state index contributed by atoms with van der Waals surface area (Å²) in [5, 5.41) is 3.34. The molecule has 2 rings (SSSR count). The van der Waals surface area contributed by atoms with Crippen LogP contribution in [-0.2, 0) is 6.54 Å². The molecule has 1 atom stereocenters. The van der Waals surface area contributed by atoms with Gasteiger partial charge in [-0.1, -0.05) is 0 Å². The Morgan fingerprint density at radius 3 is 2.75 bits per heavy atom. The minimum atomic E-state index is 0.259. The lowest BCUT2D eigenvalue weighted by molar-refractivity contribution is 0.432. The van der Waals surface area contributed by atoms with E-state index in [2.05, 4.69) is 22.2 Å². The van der Waals surface area contributed by atoms with E-state index in [1.165, 1.54) is 5.56 Å². The molecule has 0 saturated heterocycles. The molecule has 0 fully saturated rings. The fraction of sp³-hybridized carbons (Fsp3) is 0.333. The van der Waals surface area contributed by atoms with Gasteiger partial charge >= 0.3 is 0 Å². The molecule has 0 aliphatic heterocycles. The maximum atomic E-state index is 5.38. The van der Waals surface area contributed by atoms with Crippen LogP contribution in [0.1, 0.15) is 30.2 Å². The zero-order valence-corrected chi connectivity index (χ0v) is 9.47. The molecule has 0 aromatic carbocycles. The molecule has 16 heavy (non-hydrogen) atoms. The minimum Gasteiger partial charge on any atom is -0.445 e. The number of rotatable bonds is 4. The second kappa shape index (κ2) is 4.90. The van der Waals surface area contributed by atoms with Crippen molar-refractivity contribution in [1.29, 1.82) is 0 Å². The fourth-order valence-electron chi connectivity index (χ4n) is 1.49. The summed E-state index contributed by atoms with van der Waals surface area (Å²) in [6.45, 7) is 4.63. The summed E-state index contributed by atoms with van der Waals surface area (Å²) in [4.78, 5) is 8.13. The summed E-state index contributed by atoms with van der Waals surface area (Å²) in [6.07, 6.45) is 5.32. The molecule has 0 radical (unpaired) electrons. The number of hydrogen-bond donors (Lipinski definition) is 1. The lowest BCUT2D eigenvalue weighted by atomic mass is 10.1. The third-order valence-corrected chi connectivity index (χ3v) is 2.43. The van der Waals surface area contributed by atoms with E-state index in [0.717, 1.165) is 11.7 Å². The highest BCUT2D eigenvalue weighted by atomic mass is 16.4. The van der Waals surface area contributed by atoms with Gasteiger partial charge < -0.3 is 9.73 Å².